The molecule has 5 nitrogen and oxygen atoms in total. The summed E-state index contributed by atoms with van der Waals surface area (Å²) in [7, 11) is 0. The fourth-order valence-corrected chi connectivity index (χ4v) is 4.80. The van der Waals surface area contributed by atoms with E-state index in [1.165, 1.54) is 12.1 Å². The van der Waals surface area contributed by atoms with Crippen LogP contribution in [0.15, 0.2) is 48.5 Å². The lowest BCUT2D eigenvalue weighted by atomic mass is 9.74. The number of carbonyl (C=O) groups is 1. The van der Waals surface area contributed by atoms with E-state index in [-0.39, 0.29) is 18.4 Å². The molecule has 162 valence electrons. The Kier molecular flexibility index (Phi) is 5.40. The molecule has 0 unspecified atom stereocenters. The van der Waals surface area contributed by atoms with Crippen LogP contribution in [-0.2, 0) is 6.18 Å². The standard InChI is InChI=1S/C23H22F3N3O2/c24-23(25,26)20-10-19(7-6-17(20)11-27)29-12-18-8-9-28(13-22(18,14-29)15-30)21(31)16-4-2-1-3-5-16/h1-7,10,18,30H,8-9,12-15H2/t18-,22+/m0/s1. The van der Waals surface area contributed by atoms with Gasteiger partial charge in [0.1, 0.15) is 0 Å². The average Bonchev–Trinajstić information content (AvgIpc) is 3.17. The van der Waals surface area contributed by atoms with E-state index in [4.69, 9.17) is 5.26 Å². The highest BCUT2D eigenvalue weighted by molar-refractivity contribution is 5.94. The van der Waals surface area contributed by atoms with Crippen molar-refractivity contribution in [1.29, 1.82) is 5.26 Å². The number of nitrogens with zero attached hydrogens (tertiary/aromatic N) is 3. The van der Waals surface area contributed by atoms with Gasteiger partial charge < -0.3 is 14.9 Å². The minimum Gasteiger partial charge on any atom is -0.396 e. The number of aliphatic hydroxyl groups excluding tert-OH is 1. The molecule has 2 aromatic rings. The van der Waals surface area contributed by atoms with Crippen molar-refractivity contribution in [2.45, 2.75) is 12.6 Å². The first-order valence-electron chi connectivity index (χ1n) is 10.1. The Labute approximate surface area is 178 Å². The number of hydrogen-bond donors (Lipinski definition) is 1. The van der Waals surface area contributed by atoms with Gasteiger partial charge in [0, 0.05) is 42.8 Å². The molecule has 0 aromatic heterocycles. The third-order valence-corrected chi connectivity index (χ3v) is 6.48. The van der Waals surface area contributed by atoms with Gasteiger partial charge in [-0.3, -0.25) is 4.79 Å². The third kappa shape index (κ3) is 3.86. The van der Waals surface area contributed by atoms with Crippen molar-refractivity contribution < 1.29 is 23.1 Å². The number of likely N-dealkylation sites (tertiary alicyclic amines) is 1. The van der Waals surface area contributed by atoms with Crippen LogP contribution in [0.25, 0.3) is 0 Å². The summed E-state index contributed by atoms with van der Waals surface area (Å²) < 4.78 is 40.2. The third-order valence-electron chi connectivity index (χ3n) is 6.48. The monoisotopic (exact) mass is 429 g/mol. The van der Waals surface area contributed by atoms with E-state index in [9.17, 15) is 23.1 Å². The summed E-state index contributed by atoms with van der Waals surface area (Å²) in [6, 6.07) is 14.2. The van der Waals surface area contributed by atoms with Crippen LogP contribution in [0.2, 0.25) is 0 Å². The summed E-state index contributed by atoms with van der Waals surface area (Å²) >= 11 is 0. The number of alkyl halides is 3. The molecule has 0 spiro atoms. The van der Waals surface area contributed by atoms with Crippen molar-refractivity contribution in [1.82, 2.24) is 4.90 Å². The quantitative estimate of drug-likeness (QED) is 0.811. The number of fused-ring (bicyclic) bond motifs is 1. The summed E-state index contributed by atoms with van der Waals surface area (Å²) in [5.41, 5.74) is -1.03. The van der Waals surface area contributed by atoms with Gasteiger partial charge in [0.25, 0.3) is 5.91 Å². The summed E-state index contributed by atoms with van der Waals surface area (Å²) in [5, 5.41) is 19.3. The fourth-order valence-electron chi connectivity index (χ4n) is 4.80. The maximum atomic E-state index is 13.4. The molecule has 0 aliphatic carbocycles. The molecular weight excluding hydrogens is 407 g/mol. The van der Waals surface area contributed by atoms with Gasteiger partial charge in [-0.2, -0.15) is 18.4 Å². The highest BCUT2D eigenvalue weighted by atomic mass is 19.4. The van der Waals surface area contributed by atoms with Crippen LogP contribution in [0.1, 0.15) is 27.9 Å². The largest absolute Gasteiger partial charge is 0.417 e. The molecule has 4 rings (SSSR count). The molecule has 0 radical (unpaired) electrons. The summed E-state index contributed by atoms with van der Waals surface area (Å²) in [5.74, 6) is -0.0506. The number of benzene rings is 2. The predicted molar refractivity (Wildman–Crippen MR) is 108 cm³/mol. The maximum absolute atomic E-state index is 13.4. The van der Waals surface area contributed by atoms with E-state index in [1.54, 1.807) is 35.2 Å². The summed E-state index contributed by atoms with van der Waals surface area (Å²) in [6.45, 7) is 1.57. The topological polar surface area (TPSA) is 67.6 Å². The van der Waals surface area contributed by atoms with E-state index in [0.717, 1.165) is 6.07 Å². The Bertz CT molecular complexity index is 1020. The van der Waals surface area contributed by atoms with Gasteiger partial charge in [0.15, 0.2) is 0 Å². The molecular formula is C23H22F3N3O2. The van der Waals surface area contributed by atoms with Crippen molar-refractivity contribution in [3.63, 3.8) is 0 Å². The smallest absolute Gasteiger partial charge is 0.396 e. The predicted octanol–water partition coefficient (Wildman–Crippen LogP) is 3.54. The lowest BCUT2D eigenvalue weighted by Gasteiger charge is -2.43. The number of piperidine rings is 1. The lowest BCUT2D eigenvalue weighted by molar-refractivity contribution is -0.137. The van der Waals surface area contributed by atoms with Gasteiger partial charge in [0.05, 0.1) is 23.8 Å². The minimum absolute atomic E-state index is 0.0577. The zero-order chi connectivity index (χ0) is 22.2. The molecule has 2 heterocycles. The van der Waals surface area contributed by atoms with E-state index < -0.39 is 22.7 Å². The van der Waals surface area contributed by atoms with E-state index in [1.807, 2.05) is 11.0 Å². The highest BCUT2D eigenvalue weighted by Gasteiger charge is 2.50. The number of nitriles is 1. The number of anilines is 1. The molecule has 2 fully saturated rings. The molecule has 2 aliphatic rings. The SMILES string of the molecule is N#Cc1ccc(N2C[C@@H]3CCN(C(=O)c4ccccc4)C[C@]3(CO)C2)cc1C(F)(F)F. The second-order valence-electron chi connectivity index (χ2n) is 8.32. The van der Waals surface area contributed by atoms with E-state index in [2.05, 4.69) is 0 Å². The Morgan fingerprint density at radius 1 is 1.19 bits per heavy atom. The van der Waals surface area contributed by atoms with Crippen LogP contribution in [0.3, 0.4) is 0 Å². The number of hydrogen-bond acceptors (Lipinski definition) is 4. The molecule has 31 heavy (non-hydrogen) atoms. The fraction of sp³-hybridized carbons (Fsp3) is 0.391. The van der Waals surface area contributed by atoms with E-state index >= 15 is 0 Å². The Hall–Kier alpha value is -3.05. The molecule has 2 atom stereocenters. The first-order valence-corrected chi connectivity index (χ1v) is 10.1. The molecule has 2 aliphatic heterocycles. The van der Waals surface area contributed by atoms with Crippen LogP contribution in [0.5, 0.6) is 0 Å². The van der Waals surface area contributed by atoms with Gasteiger partial charge in [-0.1, -0.05) is 18.2 Å². The molecule has 8 heteroatoms. The molecule has 0 saturated carbocycles. The minimum atomic E-state index is -4.62. The number of rotatable bonds is 3. The van der Waals surface area contributed by atoms with Gasteiger partial charge in [-0.25, -0.2) is 0 Å². The summed E-state index contributed by atoms with van der Waals surface area (Å²) in [6.07, 6.45) is -3.96. The lowest BCUT2D eigenvalue weighted by Crippen LogP contribution is -2.52. The Morgan fingerprint density at radius 2 is 1.94 bits per heavy atom. The number of halogens is 3. The van der Waals surface area contributed by atoms with Crippen molar-refractivity contribution in [2.24, 2.45) is 11.3 Å². The first-order chi connectivity index (χ1) is 14.8. The average molecular weight is 429 g/mol. The molecule has 1 amide bonds. The van der Waals surface area contributed by atoms with Crippen LogP contribution in [-0.4, -0.2) is 48.7 Å². The second-order valence-corrected chi connectivity index (χ2v) is 8.32. The zero-order valence-corrected chi connectivity index (χ0v) is 16.8. The van der Waals surface area contributed by atoms with Crippen LogP contribution < -0.4 is 4.90 Å². The van der Waals surface area contributed by atoms with Crippen LogP contribution >= 0.6 is 0 Å². The van der Waals surface area contributed by atoms with Crippen molar-refractivity contribution >= 4 is 11.6 Å². The van der Waals surface area contributed by atoms with Crippen LogP contribution in [0, 0.1) is 22.7 Å². The van der Waals surface area contributed by atoms with Gasteiger partial charge in [-0.15, -0.1) is 0 Å². The normalized spacial score (nSPS) is 23.4. The van der Waals surface area contributed by atoms with E-state index in [0.29, 0.717) is 43.9 Å². The van der Waals surface area contributed by atoms with Crippen molar-refractivity contribution in [3.8, 4) is 6.07 Å². The molecule has 0 bridgehead atoms. The first kappa shape index (κ1) is 21.2. The maximum Gasteiger partial charge on any atom is 0.417 e. The van der Waals surface area contributed by atoms with Gasteiger partial charge >= 0.3 is 6.18 Å². The van der Waals surface area contributed by atoms with Crippen molar-refractivity contribution in [3.05, 3.63) is 65.2 Å². The summed E-state index contributed by atoms with van der Waals surface area (Å²) in [4.78, 5) is 16.5. The highest BCUT2D eigenvalue weighted by Crippen LogP contribution is 2.44. The number of amides is 1. The van der Waals surface area contributed by atoms with Gasteiger partial charge in [-0.05, 0) is 42.7 Å². The number of aliphatic hydroxyl groups is 1. The van der Waals surface area contributed by atoms with Crippen LogP contribution in [0.4, 0.5) is 18.9 Å². The Balaban J connectivity index is 1.59. The van der Waals surface area contributed by atoms with Gasteiger partial charge in [0.2, 0.25) is 0 Å². The van der Waals surface area contributed by atoms with Crippen molar-refractivity contribution in [2.75, 3.05) is 37.7 Å². The second kappa shape index (κ2) is 7.89. The zero-order valence-electron chi connectivity index (χ0n) is 16.8. The molecule has 2 aromatic carbocycles. The number of carbonyl (C=O) groups excluding carboxylic acids is 1. The molecule has 2 saturated heterocycles. The Morgan fingerprint density at radius 3 is 2.58 bits per heavy atom. The molecule has 1 N–H and O–H groups in total.